The molecule has 0 saturated carbocycles. The number of aromatic carboxylic acids is 1. The van der Waals surface area contributed by atoms with Crippen LogP contribution < -0.4 is 0 Å². The first-order chi connectivity index (χ1) is 8.99. The number of aromatic nitrogens is 1. The van der Waals surface area contributed by atoms with E-state index in [1.807, 2.05) is 0 Å². The molecule has 0 amide bonds. The van der Waals surface area contributed by atoms with Crippen molar-refractivity contribution in [2.45, 2.75) is 10.1 Å². The van der Waals surface area contributed by atoms with Crippen molar-refractivity contribution in [1.29, 1.82) is 0 Å². The summed E-state index contributed by atoms with van der Waals surface area (Å²) in [6.07, 6.45) is 2.59. The summed E-state index contributed by atoms with van der Waals surface area (Å²) in [7, 11) is 0. The highest BCUT2D eigenvalue weighted by Gasteiger charge is 2.23. The Morgan fingerprint density at radius 2 is 2.26 bits per heavy atom. The van der Waals surface area contributed by atoms with Crippen LogP contribution in [0.2, 0.25) is 0 Å². The molecule has 0 aliphatic rings. The first-order valence-electron chi connectivity index (χ1n) is 4.77. The maximum Gasteiger partial charge on any atom is 0.338 e. The molecule has 0 aliphatic carbocycles. The number of rotatable bonds is 4. The summed E-state index contributed by atoms with van der Waals surface area (Å²) in [5, 5.41) is 19.7. The predicted molar refractivity (Wildman–Crippen MR) is 60.6 cm³/mol. The summed E-state index contributed by atoms with van der Waals surface area (Å²) in [5.41, 5.74) is -1.29. The second kappa shape index (κ2) is 5.06. The number of halogens is 1. The lowest BCUT2D eigenvalue weighted by atomic mass is 10.2. The second-order valence-corrected chi connectivity index (χ2v) is 4.26. The zero-order valence-electron chi connectivity index (χ0n) is 9.07. The molecular weight excluding hydrogens is 279 g/mol. The maximum absolute atomic E-state index is 13.5. The predicted octanol–water partition coefficient (Wildman–Crippen LogP) is 2.57. The molecule has 2 rings (SSSR count). The standard InChI is InChI=1S/C10H5FN2O5S/c11-6-4-8(19-10-12-1-2-18-10)7(13(16)17)3-5(6)9(14)15/h1-4H,(H,14,15). The molecule has 7 nitrogen and oxygen atoms in total. The van der Waals surface area contributed by atoms with Crippen molar-refractivity contribution in [2.75, 3.05) is 0 Å². The summed E-state index contributed by atoms with van der Waals surface area (Å²) in [5.74, 6) is -2.64. The van der Waals surface area contributed by atoms with Crippen LogP contribution >= 0.6 is 11.8 Å². The Morgan fingerprint density at radius 1 is 1.53 bits per heavy atom. The molecule has 1 N–H and O–H groups in total. The summed E-state index contributed by atoms with van der Waals surface area (Å²) >= 11 is 0.731. The molecule has 19 heavy (non-hydrogen) atoms. The highest BCUT2D eigenvalue weighted by molar-refractivity contribution is 7.99. The van der Waals surface area contributed by atoms with E-state index in [4.69, 9.17) is 9.52 Å². The summed E-state index contributed by atoms with van der Waals surface area (Å²) in [6, 6.07) is 1.44. The third-order valence-electron chi connectivity index (χ3n) is 2.08. The molecule has 0 radical (unpaired) electrons. The van der Waals surface area contributed by atoms with Gasteiger partial charge in [0.05, 0.1) is 16.0 Å². The smallest absolute Gasteiger partial charge is 0.338 e. The van der Waals surface area contributed by atoms with E-state index in [1.165, 1.54) is 12.5 Å². The molecule has 0 spiro atoms. The van der Waals surface area contributed by atoms with E-state index >= 15 is 0 Å². The van der Waals surface area contributed by atoms with Gasteiger partial charge < -0.3 is 9.52 Å². The van der Waals surface area contributed by atoms with Gasteiger partial charge in [-0.15, -0.1) is 0 Å². The Hall–Kier alpha value is -2.42. The minimum atomic E-state index is -1.58. The normalized spacial score (nSPS) is 10.4. The van der Waals surface area contributed by atoms with Crippen LogP contribution in [0.25, 0.3) is 0 Å². The van der Waals surface area contributed by atoms with E-state index in [-0.39, 0.29) is 10.1 Å². The van der Waals surface area contributed by atoms with Gasteiger partial charge in [-0.2, -0.15) is 0 Å². The van der Waals surface area contributed by atoms with Crippen molar-refractivity contribution >= 4 is 23.4 Å². The molecule has 1 aromatic heterocycles. The van der Waals surface area contributed by atoms with Crippen LogP contribution in [-0.2, 0) is 0 Å². The van der Waals surface area contributed by atoms with Gasteiger partial charge in [-0.1, -0.05) is 0 Å². The van der Waals surface area contributed by atoms with Crippen LogP contribution in [0.4, 0.5) is 10.1 Å². The van der Waals surface area contributed by atoms with E-state index < -0.39 is 28.0 Å². The van der Waals surface area contributed by atoms with Gasteiger partial charge in [0.25, 0.3) is 10.9 Å². The molecule has 1 heterocycles. The van der Waals surface area contributed by atoms with Crippen molar-refractivity contribution in [3.63, 3.8) is 0 Å². The monoisotopic (exact) mass is 284 g/mol. The summed E-state index contributed by atoms with van der Waals surface area (Å²) in [6.45, 7) is 0. The number of nitrogens with zero attached hydrogens (tertiary/aromatic N) is 2. The molecule has 0 fully saturated rings. The van der Waals surface area contributed by atoms with Crippen LogP contribution in [0.3, 0.4) is 0 Å². The van der Waals surface area contributed by atoms with Crippen LogP contribution in [0.15, 0.2) is 39.1 Å². The largest absolute Gasteiger partial charge is 0.478 e. The number of oxazole rings is 1. The Bertz CT molecular complexity index is 644. The van der Waals surface area contributed by atoms with Gasteiger partial charge >= 0.3 is 5.97 Å². The highest BCUT2D eigenvalue weighted by atomic mass is 32.2. The molecule has 0 atom stereocenters. The number of carbonyl (C=O) groups is 1. The first-order valence-corrected chi connectivity index (χ1v) is 5.59. The molecular formula is C10H5FN2O5S. The third-order valence-corrected chi connectivity index (χ3v) is 3.01. The molecule has 1 aromatic carbocycles. The van der Waals surface area contributed by atoms with Crippen LogP contribution in [0.1, 0.15) is 10.4 Å². The maximum atomic E-state index is 13.5. The summed E-state index contributed by atoms with van der Waals surface area (Å²) < 4.78 is 18.4. The minimum Gasteiger partial charge on any atom is -0.478 e. The van der Waals surface area contributed by atoms with E-state index in [9.17, 15) is 19.3 Å². The molecule has 0 saturated heterocycles. The van der Waals surface area contributed by atoms with Gasteiger partial charge in [0, 0.05) is 6.07 Å². The van der Waals surface area contributed by atoms with Crippen molar-refractivity contribution < 1.29 is 23.6 Å². The van der Waals surface area contributed by atoms with Crippen LogP contribution in [0, 0.1) is 15.9 Å². The van der Waals surface area contributed by atoms with Gasteiger partial charge in [-0.05, 0) is 17.8 Å². The number of nitro benzene ring substituents is 1. The lowest BCUT2D eigenvalue weighted by Gasteiger charge is -2.03. The SMILES string of the molecule is O=C(O)c1cc([N+](=O)[O-])c(Sc2ncco2)cc1F. The second-order valence-electron chi connectivity index (χ2n) is 3.26. The number of carboxylic acid groups (broad SMARTS) is 1. The molecule has 0 unspecified atom stereocenters. The van der Waals surface area contributed by atoms with Gasteiger partial charge in [-0.25, -0.2) is 14.2 Å². The molecule has 98 valence electrons. The van der Waals surface area contributed by atoms with Crippen molar-refractivity contribution in [1.82, 2.24) is 4.98 Å². The topological polar surface area (TPSA) is 106 Å². The van der Waals surface area contributed by atoms with Crippen LogP contribution in [0.5, 0.6) is 0 Å². The van der Waals surface area contributed by atoms with E-state index in [0.717, 1.165) is 17.8 Å². The van der Waals surface area contributed by atoms with Crippen molar-refractivity contribution in [3.8, 4) is 0 Å². The average Bonchev–Trinajstić information content (AvgIpc) is 2.81. The number of nitro groups is 1. The van der Waals surface area contributed by atoms with Crippen LogP contribution in [-0.4, -0.2) is 21.0 Å². The van der Waals surface area contributed by atoms with Gasteiger partial charge in [-0.3, -0.25) is 10.1 Å². The Balaban J connectivity index is 2.50. The molecule has 2 aromatic rings. The van der Waals surface area contributed by atoms with Gasteiger partial charge in [0.15, 0.2) is 0 Å². The number of hydrogen-bond acceptors (Lipinski definition) is 6. The molecule has 0 bridgehead atoms. The number of carboxylic acids is 1. The van der Waals surface area contributed by atoms with Crippen molar-refractivity contribution in [3.05, 3.63) is 46.1 Å². The van der Waals surface area contributed by atoms with E-state index in [2.05, 4.69) is 4.98 Å². The highest BCUT2D eigenvalue weighted by Crippen LogP contribution is 2.35. The fourth-order valence-corrected chi connectivity index (χ4v) is 2.09. The lowest BCUT2D eigenvalue weighted by Crippen LogP contribution is -2.03. The van der Waals surface area contributed by atoms with Gasteiger partial charge in [0.1, 0.15) is 17.6 Å². The molecule has 0 aliphatic heterocycles. The van der Waals surface area contributed by atoms with Crippen molar-refractivity contribution in [2.24, 2.45) is 0 Å². The quantitative estimate of drug-likeness (QED) is 0.679. The van der Waals surface area contributed by atoms with E-state index in [0.29, 0.717) is 6.07 Å². The lowest BCUT2D eigenvalue weighted by molar-refractivity contribution is -0.387. The average molecular weight is 284 g/mol. The minimum absolute atomic E-state index is 0.0880. The zero-order valence-corrected chi connectivity index (χ0v) is 9.89. The number of benzene rings is 1. The molecule has 9 heteroatoms. The number of hydrogen-bond donors (Lipinski definition) is 1. The first kappa shape index (κ1) is 13.0. The Morgan fingerprint density at radius 3 is 2.79 bits per heavy atom. The Kier molecular flexibility index (Phi) is 3.47. The van der Waals surface area contributed by atoms with E-state index in [1.54, 1.807) is 0 Å². The fraction of sp³-hybridized carbons (Fsp3) is 0. The third kappa shape index (κ3) is 2.71. The zero-order chi connectivity index (χ0) is 14.0. The Labute approximate surface area is 109 Å². The van der Waals surface area contributed by atoms with Gasteiger partial charge in [0.2, 0.25) is 0 Å². The fourth-order valence-electron chi connectivity index (χ4n) is 1.29. The summed E-state index contributed by atoms with van der Waals surface area (Å²) in [4.78, 5) is 24.4.